The molecule has 0 bridgehead atoms. The van der Waals surface area contributed by atoms with E-state index in [0.29, 0.717) is 28.3 Å². The van der Waals surface area contributed by atoms with Crippen LogP contribution in [0.25, 0.3) is 33.4 Å². The molecule has 42 heavy (non-hydrogen) atoms. The second-order valence-electron chi connectivity index (χ2n) is 10.2. The lowest BCUT2D eigenvalue weighted by Crippen LogP contribution is -2.47. The van der Waals surface area contributed by atoms with E-state index >= 15 is 4.39 Å². The largest absolute Gasteiger partial charge is 0.494 e. The molecule has 3 aromatic heterocycles. The molecule has 0 unspecified atom stereocenters. The van der Waals surface area contributed by atoms with Crippen LogP contribution in [0.3, 0.4) is 0 Å². The van der Waals surface area contributed by atoms with Gasteiger partial charge in [0, 0.05) is 28.3 Å². The topological polar surface area (TPSA) is 106 Å². The van der Waals surface area contributed by atoms with E-state index in [1.165, 1.54) is 27.2 Å². The second kappa shape index (κ2) is 10.4. The van der Waals surface area contributed by atoms with Crippen LogP contribution in [0.15, 0.2) is 67.0 Å². The summed E-state index contributed by atoms with van der Waals surface area (Å²) in [6.45, 7) is 1.14. The molecular formula is C29H24F5N5O3. The van der Waals surface area contributed by atoms with Crippen LogP contribution in [-0.4, -0.2) is 48.5 Å². The van der Waals surface area contributed by atoms with Gasteiger partial charge in [-0.15, -0.1) is 5.10 Å². The molecule has 218 valence electrons. The molecule has 13 heteroatoms. The van der Waals surface area contributed by atoms with Gasteiger partial charge in [-0.3, -0.25) is 4.98 Å². The number of nitrogens with zero attached hydrogens (tertiary/aromatic N) is 5. The SMILES string of the molecule is COc1cc(-c2cn(C[C@](O)(c3cc(C(C)(C)O)c(F)c(-c4ccc(F)cc4)n3)C(F)(F)F)nn2)cc2cccnc12. The Bertz CT molecular complexity index is 1770. The average Bonchev–Trinajstić information content (AvgIpc) is 3.40. The predicted octanol–water partition coefficient (Wildman–Crippen LogP) is 5.52. The van der Waals surface area contributed by atoms with Crippen molar-refractivity contribution < 1.29 is 36.9 Å². The molecule has 3 heterocycles. The van der Waals surface area contributed by atoms with Gasteiger partial charge in [-0.2, -0.15) is 13.2 Å². The first kappa shape index (κ1) is 29.0. The summed E-state index contributed by atoms with van der Waals surface area (Å²) in [4.78, 5) is 8.11. The van der Waals surface area contributed by atoms with E-state index in [1.807, 2.05) is 0 Å². The molecule has 0 aliphatic carbocycles. The average molecular weight is 586 g/mol. The van der Waals surface area contributed by atoms with Gasteiger partial charge >= 0.3 is 6.18 Å². The number of hydrogen-bond donors (Lipinski definition) is 2. The van der Waals surface area contributed by atoms with Crippen LogP contribution in [0.1, 0.15) is 25.1 Å². The monoisotopic (exact) mass is 585 g/mol. The lowest BCUT2D eigenvalue weighted by Gasteiger charge is -2.31. The van der Waals surface area contributed by atoms with E-state index in [1.54, 1.807) is 30.5 Å². The van der Waals surface area contributed by atoms with Crippen LogP contribution in [0.5, 0.6) is 5.75 Å². The lowest BCUT2D eigenvalue weighted by atomic mass is 9.90. The van der Waals surface area contributed by atoms with Crippen molar-refractivity contribution in [1.29, 1.82) is 0 Å². The van der Waals surface area contributed by atoms with E-state index in [2.05, 4.69) is 20.3 Å². The van der Waals surface area contributed by atoms with E-state index < -0.39 is 52.5 Å². The van der Waals surface area contributed by atoms with E-state index in [-0.39, 0.29) is 11.3 Å². The van der Waals surface area contributed by atoms with Crippen LogP contribution in [-0.2, 0) is 17.7 Å². The third kappa shape index (κ3) is 5.28. The molecular weight excluding hydrogens is 561 g/mol. The van der Waals surface area contributed by atoms with E-state index in [0.717, 1.165) is 28.9 Å². The molecule has 0 radical (unpaired) electrons. The zero-order valence-corrected chi connectivity index (χ0v) is 22.5. The zero-order chi connectivity index (χ0) is 30.4. The Morgan fingerprint density at radius 2 is 1.67 bits per heavy atom. The molecule has 0 aliphatic heterocycles. The minimum Gasteiger partial charge on any atom is -0.494 e. The van der Waals surface area contributed by atoms with Crippen LogP contribution in [0.4, 0.5) is 22.0 Å². The van der Waals surface area contributed by atoms with Crippen LogP contribution in [0, 0.1) is 11.6 Å². The standard InChI is InChI=1S/C29H24F5N5O3/c1-27(2,40)20-13-23(36-26(24(20)31)16-6-8-19(30)9-7-16)28(41,29(32,33)34)15-39-14-21(37-38-39)18-11-17-5-4-10-35-25(17)22(12-18)42-3/h4-14,40-41H,15H2,1-3H3/t28-/m0/s1. The number of rotatable bonds is 7. The predicted molar refractivity (Wildman–Crippen MR) is 142 cm³/mol. The Kier molecular flexibility index (Phi) is 7.19. The number of aromatic nitrogens is 5. The number of halogens is 5. The molecule has 2 aromatic carbocycles. The summed E-state index contributed by atoms with van der Waals surface area (Å²) in [5.41, 5.74) is -6.66. The number of alkyl halides is 3. The molecule has 0 aliphatic rings. The molecule has 0 saturated carbocycles. The highest BCUT2D eigenvalue weighted by molar-refractivity contribution is 5.89. The molecule has 5 aromatic rings. The quantitative estimate of drug-likeness (QED) is 0.242. The first-order valence-corrected chi connectivity index (χ1v) is 12.5. The van der Waals surface area contributed by atoms with Gasteiger partial charge in [0.25, 0.3) is 0 Å². The van der Waals surface area contributed by atoms with Crippen molar-refractivity contribution >= 4 is 10.9 Å². The van der Waals surface area contributed by atoms with Gasteiger partial charge in [-0.05, 0) is 62.4 Å². The van der Waals surface area contributed by atoms with Crippen molar-refractivity contribution in [3.8, 4) is 28.3 Å². The second-order valence-corrected chi connectivity index (χ2v) is 10.2. The van der Waals surface area contributed by atoms with Crippen molar-refractivity contribution in [3.63, 3.8) is 0 Å². The Balaban J connectivity index is 1.61. The highest BCUT2D eigenvalue weighted by Gasteiger charge is 2.57. The summed E-state index contributed by atoms with van der Waals surface area (Å²) in [5, 5.41) is 30.2. The Morgan fingerprint density at radius 1 is 0.952 bits per heavy atom. The maximum absolute atomic E-state index is 15.5. The number of hydrogen-bond acceptors (Lipinski definition) is 7. The number of ether oxygens (including phenoxy) is 1. The van der Waals surface area contributed by atoms with Gasteiger partial charge in [0.2, 0.25) is 5.60 Å². The summed E-state index contributed by atoms with van der Waals surface area (Å²) < 4.78 is 79.0. The first-order chi connectivity index (χ1) is 19.7. The van der Waals surface area contributed by atoms with Gasteiger partial charge in [0.05, 0.1) is 31.1 Å². The van der Waals surface area contributed by atoms with Crippen LogP contribution < -0.4 is 4.74 Å². The van der Waals surface area contributed by atoms with Crippen molar-refractivity contribution in [2.75, 3.05) is 7.11 Å². The van der Waals surface area contributed by atoms with Crippen molar-refractivity contribution in [1.82, 2.24) is 25.0 Å². The molecule has 0 saturated heterocycles. The fourth-order valence-corrected chi connectivity index (χ4v) is 4.51. The Labute approximate surface area is 236 Å². The number of aliphatic hydroxyl groups is 2. The third-order valence-corrected chi connectivity index (χ3v) is 6.74. The molecule has 8 nitrogen and oxygen atoms in total. The van der Waals surface area contributed by atoms with Gasteiger partial charge in [0.1, 0.15) is 28.5 Å². The smallest absolute Gasteiger partial charge is 0.424 e. The van der Waals surface area contributed by atoms with Crippen LogP contribution >= 0.6 is 0 Å². The van der Waals surface area contributed by atoms with E-state index in [4.69, 9.17) is 4.74 Å². The summed E-state index contributed by atoms with van der Waals surface area (Å²) in [6, 6.07) is 11.7. The van der Waals surface area contributed by atoms with Gasteiger partial charge in [0.15, 0.2) is 5.82 Å². The minimum absolute atomic E-state index is 0.0615. The number of pyridine rings is 2. The van der Waals surface area contributed by atoms with Crippen molar-refractivity contribution in [2.45, 2.75) is 37.8 Å². The number of benzene rings is 2. The Morgan fingerprint density at radius 3 is 2.31 bits per heavy atom. The summed E-state index contributed by atoms with van der Waals surface area (Å²) >= 11 is 0. The third-order valence-electron chi connectivity index (χ3n) is 6.74. The van der Waals surface area contributed by atoms with E-state index in [9.17, 15) is 27.8 Å². The van der Waals surface area contributed by atoms with Crippen molar-refractivity contribution in [2.24, 2.45) is 0 Å². The molecule has 0 spiro atoms. The normalized spacial score (nSPS) is 13.8. The molecule has 5 rings (SSSR count). The fraction of sp³-hybridized carbons (Fsp3) is 0.241. The lowest BCUT2D eigenvalue weighted by molar-refractivity contribution is -0.274. The molecule has 1 atom stereocenters. The highest BCUT2D eigenvalue weighted by atomic mass is 19.4. The van der Waals surface area contributed by atoms with Crippen molar-refractivity contribution in [3.05, 3.63) is 89.9 Å². The summed E-state index contributed by atoms with van der Waals surface area (Å²) in [5.74, 6) is -1.37. The fourth-order valence-electron chi connectivity index (χ4n) is 4.51. The summed E-state index contributed by atoms with van der Waals surface area (Å²) in [6.07, 6.45) is -2.54. The first-order valence-electron chi connectivity index (χ1n) is 12.5. The molecule has 0 fully saturated rings. The maximum atomic E-state index is 15.5. The van der Waals surface area contributed by atoms with Gasteiger partial charge < -0.3 is 14.9 Å². The van der Waals surface area contributed by atoms with Crippen LogP contribution in [0.2, 0.25) is 0 Å². The minimum atomic E-state index is -5.33. The summed E-state index contributed by atoms with van der Waals surface area (Å²) in [7, 11) is 1.45. The number of methoxy groups -OCH3 is 1. The van der Waals surface area contributed by atoms with Gasteiger partial charge in [-0.1, -0.05) is 11.3 Å². The van der Waals surface area contributed by atoms with Gasteiger partial charge in [-0.25, -0.2) is 18.4 Å². The highest BCUT2D eigenvalue weighted by Crippen LogP contribution is 2.42. The molecule has 0 amide bonds. The zero-order valence-electron chi connectivity index (χ0n) is 22.5. The maximum Gasteiger partial charge on any atom is 0.424 e. The molecule has 2 N–H and O–H groups in total. The number of fused-ring (bicyclic) bond motifs is 1. The Hall–Kier alpha value is -4.49.